The van der Waals surface area contributed by atoms with Gasteiger partial charge in [0.2, 0.25) is 15.9 Å². The first-order valence-electron chi connectivity index (χ1n) is 11.3. The zero-order valence-corrected chi connectivity index (χ0v) is 19.4. The van der Waals surface area contributed by atoms with Crippen molar-refractivity contribution in [2.75, 3.05) is 19.6 Å². The van der Waals surface area contributed by atoms with Crippen LogP contribution >= 0.6 is 0 Å². The molecule has 174 valence electrons. The highest BCUT2D eigenvalue weighted by atomic mass is 32.2. The third-order valence-electron chi connectivity index (χ3n) is 6.32. The molecule has 1 fully saturated rings. The lowest BCUT2D eigenvalue weighted by atomic mass is 9.99. The minimum Gasteiger partial charge on any atom is -0.349 e. The van der Waals surface area contributed by atoms with Crippen molar-refractivity contribution in [2.24, 2.45) is 0 Å². The molecule has 2 heterocycles. The normalized spacial score (nSPS) is 19.3. The van der Waals surface area contributed by atoms with Gasteiger partial charge in [0.1, 0.15) is 0 Å². The van der Waals surface area contributed by atoms with Gasteiger partial charge in [-0.05, 0) is 60.7 Å². The highest BCUT2D eigenvalue weighted by molar-refractivity contribution is 7.89. The van der Waals surface area contributed by atoms with Gasteiger partial charge in [-0.1, -0.05) is 37.3 Å². The lowest BCUT2D eigenvalue weighted by Crippen LogP contribution is -2.44. The molecule has 0 bridgehead atoms. The van der Waals surface area contributed by atoms with E-state index in [1.54, 1.807) is 17.0 Å². The number of rotatable bonds is 5. The summed E-state index contributed by atoms with van der Waals surface area (Å²) in [6, 6.07) is 14.0. The summed E-state index contributed by atoms with van der Waals surface area (Å²) < 4.78 is 27.9. The van der Waals surface area contributed by atoms with Crippen LogP contribution in [0.4, 0.5) is 0 Å². The van der Waals surface area contributed by atoms with E-state index in [-0.39, 0.29) is 29.3 Å². The number of nitrogens with one attached hydrogen (secondary N) is 1. The van der Waals surface area contributed by atoms with Gasteiger partial charge in [0.15, 0.2) is 0 Å². The number of hydrogen-bond acceptors (Lipinski definition) is 4. The number of nitrogens with zero attached hydrogens (tertiary/aromatic N) is 2. The lowest BCUT2D eigenvalue weighted by molar-refractivity contribution is -0.117. The molecule has 0 aromatic heterocycles. The molecule has 8 heteroatoms. The SMILES string of the molecule is C=CC(=O)NC1CCCCN(S(=O)(=O)c2ccc(C(=O)N3CCc4ccccc4C3)cc2)C1. The van der Waals surface area contributed by atoms with Gasteiger partial charge in [-0.2, -0.15) is 4.31 Å². The first-order valence-corrected chi connectivity index (χ1v) is 12.7. The summed E-state index contributed by atoms with van der Waals surface area (Å²) in [7, 11) is -3.74. The summed E-state index contributed by atoms with van der Waals surface area (Å²) in [6.45, 7) is 5.27. The van der Waals surface area contributed by atoms with Gasteiger partial charge in [0.25, 0.3) is 5.91 Å². The van der Waals surface area contributed by atoms with Crippen molar-refractivity contribution < 1.29 is 18.0 Å². The Morgan fingerprint density at radius 2 is 1.73 bits per heavy atom. The first kappa shape index (κ1) is 23.2. The molecular formula is C25H29N3O4S. The average molecular weight is 468 g/mol. The maximum absolute atomic E-state index is 13.3. The topological polar surface area (TPSA) is 86.8 Å². The molecule has 1 unspecified atom stereocenters. The zero-order chi connectivity index (χ0) is 23.4. The molecule has 2 amide bonds. The van der Waals surface area contributed by atoms with Crippen LogP contribution in [0.3, 0.4) is 0 Å². The molecule has 0 aliphatic carbocycles. The maximum Gasteiger partial charge on any atom is 0.254 e. The second-order valence-corrected chi connectivity index (χ2v) is 10.5. The van der Waals surface area contributed by atoms with Crippen molar-refractivity contribution in [3.63, 3.8) is 0 Å². The molecule has 2 aromatic rings. The van der Waals surface area contributed by atoms with Gasteiger partial charge in [-0.25, -0.2) is 8.42 Å². The number of hydrogen-bond donors (Lipinski definition) is 1. The van der Waals surface area contributed by atoms with Crippen LogP contribution < -0.4 is 5.32 Å². The summed E-state index contributed by atoms with van der Waals surface area (Å²) in [5.74, 6) is -0.405. The van der Waals surface area contributed by atoms with Crippen molar-refractivity contribution in [2.45, 2.75) is 43.2 Å². The molecule has 2 aromatic carbocycles. The molecule has 1 N–H and O–H groups in total. The van der Waals surface area contributed by atoms with Crippen LogP contribution in [0.5, 0.6) is 0 Å². The Labute approximate surface area is 195 Å². The Bertz CT molecular complexity index is 1140. The van der Waals surface area contributed by atoms with Crippen LogP contribution in [-0.4, -0.2) is 55.1 Å². The average Bonchev–Trinajstić information content (AvgIpc) is 3.09. The van der Waals surface area contributed by atoms with Gasteiger partial charge in [-0.3, -0.25) is 9.59 Å². The standard InChI is InChI=1S/C25H29N3O4S/c1-2-24(29)26-22-9-5-6-15-28(18-22)33(31,32)23-12-10-20(11-13-23)25(30)27-16-14-19-7-3-4-8-21(19)17-27/h2-4,7-8,10-13,22H,1,5-6,9,14-18H2,(H,26,29). The molecule has 2 aliphatic heterocycles. The smallest absolute Gasteiger partial charge is 0.254 e. The van der Waals surface area contributed by atoms with E-state index < -0.39 is 10.0 Å². The molecular weight excluding hydrogens is 438 g/mol. The van der Waals surface area contributed by atoms with Crippen LogP contribution in [0.1, 0.15) is 40.7 Å². The fraction of sp³-hybridized carbons (Fsp3) is 0.360. The van der Waals surface area contributed by atoms with Gasteiger partial charge >= 0.3 is 0 Å². The summed E-state index contributed by atoms with van der Waals surface area (Å²) in [4.78, 5) is 26.6. The number of benzene rings is 2. The van der Waals surface area contributed by atoms with Crippen molar-refractivity contribution >= 4 is 21.8 Å². The monoisotopic (exact) mass is 467 g/mol. The molecule has 1 saturated heterocycles. The number of carbonyl (C=O) groups is 2. The van der Waals surface area contributed by atoms with Crippen molar-refractivity contribution in [1.29, 1.82) is 0 Å². The molecule has 33 heavy (non-hydrogen) atoms. The van der Waals surface area contributed by atoms with Crippen LogP contribution in [0.25, 0.3) is 0 Å². The fourth-order valence-electron chi connectivity index (χ4n) is 4.47. The molecule has 2 aliphatic rings. The molecule has 1 atom stereocenters. The van der Waals surface area contributed by atoms with Gasteiger partial charge in [-0.15, -0.1) is 0 Å². The molecule has 0 radical (unpaired) electrons. The summed E-state index contributed by atoms with van der Waals surface area (Å²) >= 11 is 0. The van der Waals surface area contributed by atoms with E-state index in [4.69, 9.17) is 0 Å². The van der Waals surface area contributed by atoms with Crippen LogP contribution in [-0.2, 0) is 27.8 Å². The van der Waals surface area contributed by atoms with Gasteiger partial charge in [0.05, 0.1) is 4.90 Å². The predicted molar refractivity (Wildman–Crippen MR) is 126 cm³/mol. The fourth-order valence-corrected chi connectivity index (χ4v) is 6.00. The Kier molecular flexibility index (Phi) is 6.95. The first-order chi connectivity index (χ1) is 15.9. The largest absolute Gasteiger partial charge is 0.349 e. The molecule has 4 rings (SSSR count). The molecule has 0 saturated carbocycles. The second-order valence-electron chi connectivity index (χ2n) is 8.54. The van der Waals surface area contributed by atoms with Crippen LogP contribution in [0, 0.1) is 0 Å². The third-order valence-corrected chi connectivity index (χ3v) is 8.20. The van der Waals surface area contributed by atoms with Crippen LogP contribution in [0.2, 0.25) is 0 Å². The highest BCUT2D eigenvalue weighted by Crippen LogP contribution is 2.23. The van der Waals surface area contributed by atoms with E-state index in [0.29, 0.717) is 25.2 Å². The Balaban J connectivity index is 1.47. The summed E-state index contributed by atoms with van der Waals surface area (Å²) in [6.07, 6.45) is 4.29. The van der Waals surface area contributed by atoms with E-state index in [1.165, 1.54) is 28.1 Å². The van der Waals surface area contributed by atoms with Crippen molar-refractivity contribution in [3.8, 4) is 0 Å². The van der Waals surface area contributed by atoms with Crippen LogP contribution in [0.15, 0.2) is 66.1 Å². The number of fused-ring (bicyclic) bond motifs is 1. The number of amides is 2. The van der Waals surface area contributed by atoms with Gasteiger partial charge in [0, 0.05) is 37.8 Å². The van der Waals surface area contributed by atoms with E-state index >= 15 is 0 Å². The number of sulfonamides is 1. The van der Waals surface area contributed by atoms with E-state index in [0.717, 1.165) is 31.2 Å². The van der Waals surface area contributed by atoms with E-state index in [1.807, 2.05) is 18.2 Å². The highest BCUT2D eigenvalue weighted by Gasteiger charge is 2.30. The third kappa shape index (κ3) is 5.17. The Morgan fingerprint density at radius 1 is 1.00 bits per heavy atom. The van der Waals surface area contributed by atoms with E-state index in [2.05, 4.69) is 18.0 Å². The van der Waals surface area contributed by atoms with Crippen molar-refractivity contribution in [1.82, 2.24) is 14.5 Å². The minimum atomic E-state index is -3.74. The predicted octanol–water partition coefficient (Wildman–Crippen LogP) is 2.73. The quantitative estimate of drug-likeness (QED) is 0.685. The maximum atomic E-state index is 13.3. The Hall–Kier alpha value is -2.97. The Morgan fingerprint density at radius 3 is 2.45 bits per heavy atom. The van der Waals surface area contributed by atoms with Gasteiger partial charge < -0.3 is 10.2 Å². The van der Waals surface area contributed by atoms with Crippen molar-refractivity contribution in [3.05, 3.63) is 77.9 Å². The lowest BCUT2D eigenvalue weighted by Gasteiger charge is -2.29. The number of carbonyl (C=O) groups excluding carboxylic acids is 2. The summed E-state index contributed by atoms with van der Waals surface area (Å²) in [5.41, 5.74) is 2.89. The second kappa shape index (κ2) is 9.89. The summed E-state index contributed by atoms with van der Waals surface area (Å²) in [5, 5.41) is 2.82. The molecule has 0 spiro atoms. The van der Waals surface area contributed by atoms with E-state index in [9.17, 15) is 18.0 Å². The minimum absolute atomic E-state index is 0.101. The zero-order valence-electron chi connectivity index (χ0n) is 18.6. The molecule has 7 nitrogen and oxygen atoms in total.